The summed E-state index contributed by atoms with van der Waals surface area (Å²) in [6.45, 7) is 8.30. The largest absolute Gasteiger partial charge is 0.454 e. The molecule has 3 nitrogen and oxygen atoms in total. The lowest BCUT2D eigenvalue weighted by Crippen LogP contribution is -2.21. The number of aliphatic hydroxyl groups is 1. The van der Waals surface area contributed by atoms with Crippen molar-refractivity contribution in [3.8, 4) is 0 Å². The molecule has 0 unspecified atom stereocenters. The summed E-state index contributed by atoms with van der Waals surface area (Å²) in [5, 5.41) is 10.5. The number of allylic oxidation sites excluding steroid dienone is 2. The summed E-state index contributed by atoms with van der Waals surface area (Å²) < 4.78 is 5.47. The first-order chi connectivity index (χ1) is 10.8. The standard InChI is InChI=1S/C20H30O3/c1-14(2)16-7-8-17-13-18(23-19(17)21)12-15(3)6-5-10-20(4,22)11-9-16/h6,9,11,13-14,16,18,22H,5,7-8,10,12H2,1-4H3/b11-9+,15-6+/t16-,18+,20-/m0/s1. The Morgan fingerprint density at radius 1 is 1.39 bits per heavy atom. The Hall–Kier alpha value is -1.35. The van der Waals surface area contributed by atoms with E-state index in [0.29, 0.717) is 18.3 Å². The SMILES string of the molecule is C/C1=C\CC[C@](C)(O)/C=C/[C@@H](C(C)C)CCC2=C[C@@H](C1)OC2=O. The summed E-state index contributed by atoms with van der Waals surface area (Å²) in [7, 11) is 0. The summed E-state index contributed by atoms with van der Waals surface area (Å²) in [4.78, 5) is 12.0. The van der Waals surface area contributed by atoms with Gasteiger partial charge in [0.15, 0.2) is 0 Å². The molecule has 0 aromatic heterocycles. The predicted molar refractivity (Wildman–Crippen MR) is 92.9 cm³/mol. The number of carbonyl (C=O) groups is 1. The normalized spacial score (nSPS) is 36.7. The molecule has 1 N–H and O–H groups in total. The van der Waals surface area contributed by atoms with Gasteiger partial charge >= 0.3 is 5.97 Å². The predicted octanol–water partition coefficient (Wildman–Crippen LogP) is 4.33. The number of hydrogen-bond donors (Lipinski definition) is 1. The molecule has 0 spiro atoms. The van der Waals surface area contributed by atoms with Crippen LogP contribution < -0.4 is 0 Å². The Balaban J connectivity index is 2.22. The first-order valence-corrected chi connectivity index (χ1v) is 8.76. The zero-order valence-electron chi connectivity index (χ0n) is 14.8. The highest BCUT2D eigenvalue weighted by atomic mass is 16.5. The van der Waals surface area contributed by atoms with Crippen molar-refractivity contribution in [1.29, 1.82) is 0 Å². The van der Waals surface area contributed by atoms with Crippen LogP contribution in [0.3, 0.4) is 0 Å². The number of carbonyl (C=O) groups excluding carboxylic acids is 1. The van der Waals surface area contributed by atoms with E-state index in [4.69, 9.17) is 4.74 Å². The molecule has 3 atom stereocenters. The number of esters is 1. The Labute approximate surface area is 140 Å². The smallest absolute Gasteiger partial charge is 0.334 e. The Morgan fingerprint density at radius 3 is 2.83 bits per heavy atom. The minimum absolute atomic E-state index is 0.120. The fraction of sp³-hybridized carbons (Fsp3) is 0.650. The fourth-order valence-electron chi connectivity index (χ4n) is 3.23. The molecule has 0 saturated carbocycles. The van der Waals surface area contributed by atoms with Gasteiger partial charge in [-0.1, -0.05) is 37.6 Å². The van der Waals surface area contributed by atoms with Gasteiger partial charge in [0, 0.05) is 12.0 Å². The van der Waals surface area contributed by atoms with E-state index >= 15 is 0 Å². The molecule has 0 fully saturated rings. The first-order valence-electron chi connectivity index (χ1n) is 8.76. The van der Waals surface area contributed by atoms with E-state index in [9.17, 15) is 9.90 Å². The van der Waals surface area contributed by atoms with Crippen LogP contribution in [0.2, 0.25) is 0 Å². The highest BCUT2D eigenvalue weighted by Crippen LogP contribution is 2.29. The van der Waals surface area contributed by atoms with Crippen LogP contribution in [-0.4, -0.2) is 22.8 Å². The third kappa shape index (κ3) is 5.35. The van der Waals surface area contributed by atoms with E-state index < -0.39 is 5.60 Å². The van der Waals surface area contributed by atoms with E-state index in [2.05, 4.69) is 32.9 Å². The number of rotatable bonds is 1. The second-order valence-electron chi connectivity index (χ2n) is 7.59. The van der Waals surface area contributed by atoms with Crippen LogP contribution in [0.25, 0.3) is 0 Å². The van der Waals surface area contributed by atoms with Gasteiger partial charge in [0.1, 0.15) is 6.10 Å². The minimum Gasteiger partial charge on any atom is -0.454 e. The van der Waals surface area contributed by atoms with Gasteiger partial charge in [0.2, 0.25) is 0 Å². The molecule has 1 aliphatic heterocycles. The van der Waals surface area contributed by atoms with Gasteiger partial charge in [-0.05, 0) is 57.4 Å². The van der Waals surface area contributed by atoms with Crippen molar-refractivity contribution in [2.45, 2.75) is 71.5 Å². The highest BCUT2D eigenvalue weighted by Gasteiger charge is 2.26. The molecule has 0 amide bonds. The molecule has 2 rings (SSSR count). The van der Waals surface area contributed by atoms with Crippen LogP contribution in [-0.2, 0) is 9.53 Å². The summed E-state index contributed by atoms with van der Waals surface area (Å²) in [6, 6.07) is 0. The second kappa shape index (κ2) is 7.48. The van der Waals surface area contributed by atoms with Crippen LogP contribution in [0, 0.1) is 11.8 Å². The molecule has 128 valence electrons. The van der Waals surface area contributed by atoms with E-state index in [1.165, 1.54) is 5.57 Å². The van der Waals surface area contributed by atoms with Gasteiger partial charge in [0.25, 0.3) is 0 Å². The zero-order chi connectivity index (χ0) is 17.0. The quantitative estimate of drug-likeness (QED) is 0.578. The maximum absolute atomic E-state index is 12.0. The van der Waals surface area contributed by atoms with Crippen LogP contribution >= 0.6 is 0 Å². The molecule has 0 aromatic carbocycles. The van der Waals surface area contributed by atoms with E-state index in [1.54, 1.807) is 0 Å². The Bertz CT molecular complexity index is 523. The third-order valence-electron chi connectivity index (χ3n) is 4.88. The fourth-order valence-corrected chi connectivity index (χ4v) is 3.23. The average Bonchev–Trinajstić information content (AvgIpc) is 2.77. The summed E-state index contributed by atoms with van der Waals surface area (Å²) in [5.41, 5.74) is 1.24. The first kappa shape index (κ1) is 18.0. The van der Waals surface area contributed by atoms with Gasteiger partial charge in [-0.2, -0.15) is 0 Å². The molecule has 1 heterocycles. The summed E-state index contributed by atoms with van der Waals surface area (Å²) >= 11 is 0. The number of fused-ring (bicyclic) bond motifs is 1. The number of ether oxygens (including phenoxy) is 1. The topological polar surface area (TPSA) is 46.5 Å². The van der Waals surface area contributed by atoms with Crippen LogP contribution in [0.5, 0.6) is 0 Å². The van der Waals surface area contributed by atoms with Crippen molar-refractivity contribution in [1.82, 2.24) is 0 Å². The molecule has 0 aromatic rings. The van der Waals surface area contributed by atoms with Crippen LogP contribution in [0.4, 0.5) is 0 Å². The molecule has 23 heavy (non-hydrogen) atoms. The molecule has 2 aliphatic rings. The second-order valence-corrected chi connectivity index (χ2v) is 7.59. The van der Waals surface area contributed by atoms with Crippen molar-refractivity contribution in [2.24, 2.45) is 11.8 Å². The van der Waals surface area contributed by atoms with Crippen LogP contribution in [0.1, 0.15) is 59.8 Å². The van der Waals surface area contributed by atoms with Crippen LogP contribution in [0.15, 0.2) is 35.5 Å². The third-order valence-corrected chi connectivity index (χ3v) is 4.88. The average molecular weight is 318 g/mol. The van der Waals surface area contributed by atoms with E-state index in [0.717, 1.165) is 31.3 Å². The molecule has 3 heteroatoms. The van der Waals surface area contributed by atoms with E-state index in [-0.39, 0.29) is 12.1 Å². The molecule has 2 bridgehead atoms. The Morgan fingerprint density at radius 2 is 2.13 bits per heavy atom. The van der Waals surface area contributed by atoms with Gasteiger partial charge in [-0.3, -0.25) is 0 Å². The van der Waals surface area contributed by atoms with Crippen molar-refractivity contribution < 1.29 is 14.6 Å². The number of hydrogen-bond acceptors (Lipinski definition) is 3. The van der Waals surface area contributed by atoms with E-state index in [1.807, 2.05) is 19.1 Å². The molecular weight excluding hydrogens is 288 g/mol. The molecule has 0 radical (unpaired) electrons. The lowest BCUT2D eigenvalue weighted by Gasteiger charge is -2.22. The maximum Gasteiger partial charge on any atom is 0.334 e. The Kier molecular flexibility index (Phi) is 5.85. The lowest BCUT2D eigenvalue weighted by molar-refractivity contribution is -0.139. The van der Waals surface area contributed by atoms with Gasteiger partial charge in [-0.25, -0.2) is 4.79 Å². The van der Waals surface area contributed by atoms with Crippen molar-refractivity contribution in [3.05, 3.63) is 35.5 Å². The van der Waals surface area contributed by atoms with Gasteiger partial charge in [0.05, 0.1) is 5.60 Å². The highest BCUT2D eigenvalue weighted by molar-refractivity contribution is 5.90. The summed E-state index contributed by atoms with van der Waals surface area (Å²) in [5.74, 6) is 0.677. The zero-order valence-corrected chi connectivity index (χ0v) is 14.8. The van der Waals surface area contributed by atoms with Crippen molar-refractivity contribution in [2.75, 3.05) is 0 Å². The molecular formula is C20H30O3. The van der Waals surface area contributed by atoms with Gasteiger partial charge < -0.3 is 9.84 Å². The monoisotopic (exact) mass is 318 g/mol. The maximum atomic E-state index is 12.0. The molecule has 1 aliphatic carbocycles. The van der Waals surface area contributed by atoms with Gasteiger partial charge in [-0.15, -0.1) is 0 Å². The lowest BCUT2D eigenvalue weighted by atomic mass is 9.87. The van der Waals surface area contributed by atoms with Crippen molar-refractivity contribution in [3.63, 3.8) is 0 Å². The minimum atomic E-state index is -0.779. The molecule has 0 saturated heterocycles. The summed E-state index contributed by atoms with van der Waals surface area (Å²) in [6.07, 6.45) is 12.0. The van der Waals surface area contributed by atoms with Crippen molar-refractivity contribution >= 4 is 5.97 Å².